The SMILES string of the molecule is CC(C)n1ncc2cc(CN(CCCCO)C3CC3)c(Cl)nc21. The molecule has 0 radical (unpaired) electrons. The van der Waals surface area contributed by atoms with Crippen LogP contribution in [0, 0.1) is 0 Å². The van der Waals surface area contributed by atoms with E-state index in [4.69, 9.17) is 16.7 Å². The maximum atomic E-state index is 8.97. The smallest absolute Gasteiger partial charge is 0.159 e. The number of fused-ring (bicyclic) bond motifs is 1. The summed E-state index contributed by atoms with van der Waals surface area (Å²) in [6, 6.07) is 3.06. The number of aliphatic hydroxyl groups is 1. The molecule has 0 atom stereocenters. The molecule has 0 aliphatic heterocycles. The first-order chi connectivity index (χ1) is 11.1. The molecule has 2 aromatic heterocycles. The predicted molar refractivity (Wildman–Crippen MR) is 92.7 cm³/mol. The van der Waals surface area contributed by atoms with Crippen LogP contribution in [0.15, 0.2) is 12.3 Å². The lowest BCUT2D eigenvalue weighted by atomic mass is 10.2. The molecule has 0 amide bonds. The Morgan fingerprint density at radius 2 is 2.17 bits per heavy atom. The van der Waals surface area contributed by atoms with Crippen molar-refractivity contribution < 1.29 is 5.11 Å². The van der Waals surface area contributed by atoms with Gasteiger partial charge in [-0.05, 0) is 52.1 Å². The van der Waals surface area contributed by atoms with E-state index >= 15 is 0 Å². The second-order valence-corrected chi connectivity index (χ2v) is 7.02. The van der Waals surface area contributed by atoms with E-state index in [2.05, 4.69) is 34.9 Å². The number of rotatable bonds is 8. The molecular formula is C17H25ClN4O. The van der Waals surface area contributed by atoms with Gasteiger partial charge in [0.05, 0.1) is 6.20 Å². The highest BCUT2D eigenvalue weighted by molar-refractivity contribution is 6.30. The molecule has 1 fully saturated rings. The normalized spacial score (nSPS) is 15.2. The van der Waals surface area contributed by atoms with Crippen LogP contribution < -0.4 is 0 Å². The molecule has 0 bridgehead atoms. The molecule has 126 valence electrons. The Hall–Kier alpha value is -1.17. The van der Waals surface area contributed by atoms with E-state index in [1.807, 2.05) is 10.9 Å². The fourth-order valence-electron chi connectivity index (χ4n) is 2.96. The first-order valence-electron chi connectivity index (χ1n) is 8.47. The molecule has 1 saturated carbocycles. The van der Waals surface area contributed by atoms with E-state index in [1.54, 1.807) is 0 Å². The zero-order valence-corrected chi connectivity index (χ0v) is 14.6. The molecule has 0 aromatic carbocycles. The van der Waals surface area contributed by atoms with Crippen molar-refractivity contribution in [3.63, 3.8) is 0 Å². The first kappa shape index (κ1) is 16.7. The number of hydrogen-bond donors (Lipinski definition) is 1. The van der Waals surface area contributed by atoms with Crippen molar-refractivity contribution >= 4 is 22.6 Å². The number of pyridine rings is 1. The zero-order chi connectivity index (χ0) is 16.4. The van der Waals surface area contributed by atoms with Crippen molar-refractivity contribution in [1.29, 1.82) is 0 Å². The maximum Gasteiger partial charge on any atom is 0.159 e. The summed E-state index contributed by atoms with van der Waals surface area (Å²) in [4.78, 5) is 7.05. The molecular weight excluding hydrogens is 312 g/mol. The second-order valence-electron chi connectivity index (χ2n) is 6.67. The summed E-state index contributed by atoms with van der Waals surface area (Å²) in [5, 5.41) is 15.0. The number of aliphatic hydroxyl groups excluding tert-OH is 1. The number of hydrogen-bond acceptors (Lipinski definition) is 4. The molecule has 6 heteroatoms. The van der Waals surface area contributed by atoms with E-state index in [-0.39, 0.29) is 12.6 Å². The Kier molecular flexibility index (Phi) is 5.19. The van der Waals surface area contributed by atoms with Crippen LogP contribution in [0.5, 0.6) is 0 Å². The molecule has 1 aliphatic carbocycles. The molecule has 3 rings (SSSR count). The van der Waals surface area contributed by atoms with Gasteiger partial charge >= 0.3 is 0 Å². The van der Waals surface area contributed by atoms with E-state index in [1.165, 1.54) is 12.8 Å². The number of unbranched alkanes of at least 4 members (excludes halogenated alkanes) is 1. The van der Waals surface area contributed by atoms with Gasteiger partial charge in [-0.15, -0.1) is 0 Å². The van der Waals surface area contributed by atoms with Crippen LogP contribution in [-0.4, -0.2) is 44.0 Å². The zero-order valence-electron chi connectivity index (χ0n) is 13.9. The lowest BCUT2D eigenvalue weighted by Gasteiger charge is -2.22. The van der Waals surface area contributed by atoms with Gasteiger partial charge in [0, 0.05) is 36.2 Å². The van der Waals surface area contributed by atoms with Crippen LogP contribution in [0.2, 0.25) is 5.15 Å². The highest BCUT2D eigenvalue weighted by Crippen LogP contribution is 2.31. The molecule has 1 N–H and O–H groups in total. The number of aromatic nitrogens is 3. The van der Waals surface area contributed by atoms with Crippen molar-refractivity contribution in [3.05, 3.63) is 23.0 Å². The van der Waals surface area contributed by atoms with E-state index in [0.29, 0.717) is 11.2 Å². The second kappa shape index (κ2) is 7.16. The summed E-state index contributed by atoms with van der Waals surface area (Å²) in [5.41, 5.74) is 1.92. The standard InChI is InChI=1S/C17H25ClN4O/c1-12(2)22-17-13(10-19-22)9-14(16(18)20-17)11-21(15-5-6-15)7-3-4-8-23/h9-10,12,15,23H,3-8,11H2,1-2H3. The van der Waals surface area contributed by atoms with E-state index in [9.17, 15) is 0 Å². The average molecular weight is 337 g/mol. The van der Waals surface area contributed by atoms with Gasteiger partial charge in [0.1, 0.15) is 5.15 Å². The van der Waals surface area contributed by atoms with Gasteiger partial charge < -0.3 is 5.11 Å². The quantitative estimate of drug-likeness (QED) is 0.593. The summed E-state index contributed by atoms with van der Waals surface area (Å²) in [6.07, 6.45) is 6.27. The minimum atomic E-state index is 0.265. The molecule has 1 aliphatic rings. The highest BCUT2D eigenvalue weighted by Gasteiger charge is 2.29. The molecule has 5 nitrogen and oxygen atoms in total. The van der Waals surface area contributed by atoms with Crippen LogP contribution in [0.4, 0.5) is 0 Å². The Bertz CT molecular complexity index is 666. The van der Waals surface area contributed by atoms with Gasteiger partial charge in [-0.2, -0.15) is 5.10 Å². The van der Waals surface area contributed by atoms with Crippen molar-refractivity contribution in [2.24, 2.45) is 0 Å². The van der Waals surface area contributed by atoms with Crippen molar-refractivity contribution in [2.75, 3.05) is 13.2 Å². The monoisotopic (exact) mass is 336 g/mol. The van der Waals surface area contributed by atoms with Gasteiger partial charge in [0.15, 0.2) is 5.65 Å². The summed E-state index contributed by atoms with van der Waals surface area (Å²) in [6.45, 7) is 6.27. The van der Waals surface area contributed by atoms with Crippen LogP contribution in [0.3, 0.4) is 0 Å². The van der Waals surface area contributed by atoms with Gasteiger partial charge in [0.2, 0.25) is 0 Å². The largest absolute Gasteiger partial charge is 0.396 e. The molecule has 23 heavy (non-hydrogen) atoms. The molecule has 0 unspecified atom stereocenters. The minimum Gasteiger partial charge on any atom is -0.396 e. The van der Waals surface area contributed by atoms with Crippen LogP contribution >= 0.6 is 11.6 Å². The fraction of sp³-hybridized carbons (Fsp3) is 0.647. The Morgan fingerprint density at radius 1 is 1.39 bits per heavy atom. The third-order valence-electron chi connectivity index (χ3n) is 4.37. The third kappa shape index (κ3) is 3.84. The van der Waals surface area contributed by atoms with Gasteiger partial charge in [-0.3, -0.25) is 4.90 Å². The molecule has 0 saturated heterocycles. The Balaban J connectivity index is 1.79. The molecule has 2 heterocycles. The summed E-state index contributed by atoms with van der Waals surface area (Å²) in [7, 11) is 0. The fourth-order valence-corrected chi connectivity index (χ4v) is 3.16. The number of nitrogens with zero attached hydrogens (tertiary/aromatic N) is 4. The van der Waals surface area contributed by atoms with E-state index < -0.39 is 0 Å². The van der Waals surface area contributed by atoms with Crippen LogP contribution in [0.25, 0.3) is 11.0 Å². The Morgan fingerprint density at radius 3 is 2.83 bits per heavy atom. The van der Waals surface area contributed by atoms with Crippen molar-refractivity contribution in [2.45, 2.75) is 58.2 Å². The summed E-state index contributed by atoms with van der Waals surface area (Å²) in [5.74, 6) is 0. The van der Waals surface area contributed by atoms with Gasteiger partial charge in [0.25, 0.3) is 0 Å². The first-order valence-corrected chi connectivity index (χ1v) is 8.85. The van der Waals surface area contributed by atoms with Crippen molar-refractivity contribution in [3.8, 4) is 0 Å². The van der Waals surface area contributed by atoms with Crippen molar-refractivity contribution in [1.82, 2.24) is 19.7 Å². The van der Waals surface area contributed by atoms with Gasteiger partial charge in [-0.1, -0.05) is 11.6 Å². The van der Waals surface area contributed by atoms with Crippen LogP contribution in [0.1, 0.15) is 51.1 Å². The lowest BCUT2D eigenvalue weighted by molar-refractivity contribution is 0.228. The lowest BCUT2D eigenvalue weighted by Crippen LogP contribution is -2.27. The van der Waals surface area contributed by atoms with E-state index in [0.717, 1.165) is 42.5 Å². The molecule has 2 aromatic rings. The van der Waals surface area contributed by atoms with Crippen LogP contribution in [-0.2, 0) is 6.54 Å². The topological polar surface area (TPSA) is 54.2 Å². The number of halogens is 1. The summed E-state index contributed by atoms with van der Waals surface area (Å²) >= 11 is 6.45. The average Bonchev–Trinajstić information content (AvgIpc) is 3.27. The summed E-state index contributed by atoms with van der Waals surface area (Å²) < 4.78 is 1.91. The minimum absolute atomic E-state index is 0.265. The van der Waals surface area contributed by atoms with Gasteiger partial charge in [-0.25, -0.2) is 9.67 Å². The maximum absolute atomic E-state index is 8.97. The predicted octanol–water partition coefficient (Wildman–Crippen LogP) is 3.40. The highest BCUT2D eigenvalue weighted by atomic mass is 35.5. The molecule has 0 spiro atoms. The third-order valence-corrected chi connectivity index (χ3v) is 4.70. The Labute approximate surface area is 142 Å².